The van der Waals surface area contributed by atoms with Crippen molar-refractivity contribution in [3.8, 4) is 0 Å². The summed E-state index contributed by atoms with van der Waals surface area (Å²) in [4.78, 5) is 30.7. The highest BCUT2D eigenvalue weighted by Crippen LogP contribution is 2.31. The normalized spacial score (nSPS) is 19.4. The van der Waals surface area contributed by atoms with E-state index in [1.54, 1.807) is 6.07 Å². The number of aliphatic hydroxyl groups excluding tert-OH is 1. The van der Waals surface area contributed by atoms with Crippen LogP contribution in [0.5, 0.6) is 0 Å². The molecule has 0 spiro atoms. The number of benzene rings is 1. The third kappa shape index (κ3) is 9.72. The van der Waals surface area contributed by atoms with Gasteiger partial charge in [0.25, 0.3) is 0 Å². The zero-order valence-corrected chi connectivity index (χ0v) is 19.9. The predicted octanol–water partition coefficient (Wildman–Crippen LogP) is 3.56. The van der Waals surface area contributed by atoms with Crippen molar-refractivity contribution in [2.75, 3.05) is 32.7 Å². The number of halogens is 7. The second-order valence-corrected chi connectivity index (χ2v) is 8.66. The molecule has 3 heterocycles. The first-order valence-corrected chi connectivity index (χ1v) is 11.5. The van der Waals surface area contributed by atoms with E-state index in [0.29, 0.717) is 6.04 Å². The van der Waals surface area contributed by atoms with Crippen molar-refractivity contribution in [2.45, 2.75) is 50.2 Å². The fraction of sp³-hybridized carbons (Fsp3) is 0.591. The van der Waals surface area contributed by atoms with Crippen LogP contribution in [0, 0.1) is 5.82 Å². The summed E-state index contributed by atoms with van der Waals surface area (Å²) in [5, 5.41) is 23.9. The third-order valence-corrected chi connectivity index (χ3v) is 5.89. The monoisotopic (exact) mass is 560 g/mol. The molecule has 2 saturated heterocycles. The summed E-state index contributed by atoms with van der Waals surface area (Å²) in [7, 11) is 0. The van der Waals surface area contributed by atoms with Crippen molar-refractivity contribution in [1.29, 1.82) is 0 Å². The van der Waals surface area contributed by atoms with Crippen LogP contribution in [0.15, 0.2) is 18.2 Å². The maximum atomic E-state index is 13.4. The number of aliphatic hydroxyl groups is 1. The van der Waals surface area contributed by atoms with Crippen molar-refractivity contribution in [3.05, 3.63) is 29.8 Å². The molecule has 0 saturated carbocycles. The van der Waals surface area contributed by atoms with Gasteiger partial charge in [0.15, 0.2) is 0 Å². The average Bonchev–Trinajstić information content (AvgIpc) is 3.44. The average molecular weight is 560 g/mol. The standard InChI is InChI=1S/C18H25FN4O.2C2HF3O2/c19-13-3-4-15-16(12-13)21-18(20-15)17-2-1-7-23(17)11-10-22-8-5-14(24)6-9-22;2*3-2(4,5)1(6)7/h3-4,12,14,17,24H,1-2,5-11H2,(H,20,21);2*(H,6,7). The molecule has 2 aromatic rings. The number of nitrogens with one attached hydrogen (secondary N) is 1. The number of alkyl halides is 6. The number of hydrogen-bond acceptors (Lipinski definition) is 6. The zero-order valence-electron chi connectivity index (χ0n) is 19.9. The van der Waals surface area contributed by atoms with Gasteiger partial charge >= 0.3 is 24.3 Å². The first kappa shape index (κ1) is 31.2. The number of aliphatic carboxylic acids is 2. The van der Waals surface area contributed by atoms with Gasteiger partial charge in [-0.25, -0.2) is 19.0 Å². The number of aromatic nitrogens is 2. The van der Waals surface area contributed by atoms with E-state index in [2.05, 4.69) is 19.8 Å². The van der Waals surface area contributed by atoms with Gasteiger partial charge in [0.05, 0.1) is 23.2 Å². The number of carboxylic acid groups (broad SMARTS) is 2. The van der Waals surface area contributed by atoms with Crippen LogP contribution in [-0.4, -0.2) is 98.2 Å². The quantitative estimate of drug-likeness (QED) is 0.418. The van der Waals surface area contributed by atoms with Gasteiger partial charge in [0.1, 0.15) is 11.6 Å². The minimum absolute atomic E-state index is 0.114. The molecular formula is C22H27F7N4O5. The van der Waals surface area contributed by atoms with Gasteiger partial charge in [0, 0.05) is 26.2 Å². The number of nitrogens with zero attached hydrogens (tertiary/aromatic N) is 3. The second kappa shape index (κ2) is 13.2. The summed E-state index contributed by atoms with van der Waals surface area (Å²) in [5.74, 6) is -4.78. The number of hydrogen-bond donors (Lipinski definition) is 4. The van der Waals surface area contributed by atoms with E-state index in [1.807, 2.05) is 0 Å². The second-order valence-electron chi connectivity index (χ2n) is 8.66. The van der Waals surface area contributed by atoms with Crippen molar-refractivity contribution < 1.29 is 55.6 Å². The Labute approximate surface area is 211 Å². The van der Waals surface area contributed by atoms with E-state index >= 15 is 0 Å². The molecule has 1 aromatic heterocycles. The molecule has 4 N–H and O–H groups in total. The molecule has 214 valence electrons. The molecule has 2 fully saturated rings. The Balaban J connectivity index is 0.000000301. The highest BCUT2D eigenvalue weighted by molar-refractivity contribution is 5.75. The topological polar surface area (TPSA) is 130 Å². The molecule has 1 unspecified atom stereocenters. The van der Waals surface area contributed by atoms with E-state index in [1.165, 1.54) is 18.6 Å². The molecule has 0 bridgehead atoms. The van der Waals surface area contributed by atoms with Crippen LogP contribution in [-0.2, 0) is 9.59 Å². The summed E-state index contributed by atoms with van der Waals surface area (Å²) < 4.78 is 76.8. The smallest absolute Gasteiger partial charge is 0.475 e. The molecule has 0 amide bonds. The lowest BCUT2D eigenvalue weighted by Gasteiger charge is -2.32. The van der Waals surface area contributed by atoms with Gasteiger partial charge in [-0.2, -0.15) is 26.3 Å². The van der Waals surface area contributed by atoms with E-state index in [9.17, 15) is 35.8 Å². The number of H-pyrrole nitrogens is 1. The number of carboxylic acids is 2. The molecule has 1 atom stereocenters. The van der Waals surface area contributed by atoms with E-state index in [-0.39, 0.29) is 11.9 Å². The maximum absolute atomic E-state index is 13.4. The molecule has 2 aliphatic heterocycles. The van der Waals surface area contributed by atoms with Crippen molar-refractivity contribution in [2.24, 2.45) is 0 Å². The van der Waals surface area contributed by atoms with Crippen molar-refractivity contribution in [1.82, 2.24) is 19.8 Å². The highest BCUT2D eigenvalue weighted by Gasteiger charge is 2.39. The van der Waals surface area contributed by atoms with E-state index in [4.69, 9.17) is 19.8 Å². The van der Waals surface area contributed by atoms with Gasteiger partial charge in [-0.05, 0) is 50.4 Å². The number of rotatable bonds is 4. The van der Waals surface area contributed by atoms with E-state index in [0.717, 1.165) is 68.8 Å². The van der Waals surface area contributed by atoms with Crippen LogP contribution in [0.25, 0.3) is 11.0 Å². The first-order chi connectivity index (χ1) is 17.6. The minimum atomic E-state index is -5.08. The van der Waals surface area contributed by atoms with Crippen LogP contribution < -0.4 is 0 Å². The van der Waals surface area contributed by atoms with E-state index < -0.39 is 24.3 Å². The fourth-order valence-electron chi connectivity index (χ4n) is 3.98. The summed E-state index contributed by atoms with van der Waals surface area (Å²) in [6, 6.07) is 5.02. The maximum Gasteiger partial charge on any atom is 0.490 e. The minimum Gasteiger partial charge on any atom is -0.475 e. The molecule has 1 aromatic carbocycles. The largest absolute Gasteiger partial charge is 0.490 e. The zero-order chi connectivity index (χ0) is 28.7. The van der Waals surface area contributed by atoms with Gasteiger partial charge in [0.2, 0.25) is 0 Å². The van der Waals surface area contributed by atoms with Gasteiger partial charge < -0.3 is 25.2 Å². The Morgan fingerprint density at radius 3 is 2.03 bits per heavy atom. The number of piperidine rings is 1. The molecule has 2 aliphatic rings. The molecule has 16 heteroatoms. The number of imidazole rings is 1. The lowest BCUT2D eigenvalue weighted by molar-refractivity contribution is -0.193. The van der Waals surface area contributed by atoms with Crippen molar-refractivity contribution in [3.63, 3.8) is 0 Å². The molecule has 38 heavy (non-hydrogen) atoms. The summed E-state index contributed by atoms with van der Waals surface area (Å²) >= 11 is 0. The highest BCUT2D eigenvalue weighted by atomic mass is 19.4. The Hall–Kier alpha value is -2.98. The Morgan fingerprint density at radius 1 is 0.947 bits per heavy atom. The number of fused-ring (bicyclic) bond motifs is 1. The molecule has 4 rings (SSSR count). The lowest BCUT2D eigenvalue weighted by atomic mass is 10.1. The van der Waals surface area contributed by atoms with Gasteiger partial charge in [-0.3, -0.25) is 4.90 Å². The SMILES string of the molecule is O=C(O)C(F)(F)F.O=C(O)C(F)(F)F.OC1CCN(CCN2CCCC2c2nc3ccc(F)cc3[nH]2)CC1. The number of likely N-dealkylation sites (tertiary alicyclic amines) is 2. The van der Waals surface area contributed by atoms with Gasteiger partial charge in [-0.15, -0.1) is 0 Å². The predicted molar refractivity (Wildman–Crippen MR) is 119 cm³/mol. The summed E-state index contributed by atoms with van der Waals surface area (Å²) in [5.41, 5.74) is 1.62. The molecule has 9 nitrogen and oxygen atoms in total. The first-order valence-electron chi connectivity index (χ1n) is 11.5. The molecular weight excluding hydrogens is 533 g/mol. The fourth-order valence-corrected chi connectivity index (χ4v) is 3.98. The van der Waals surface area contributed by atoms with Crippen LogP contribution in [0.3, 0.4) is 0 Å². The summed E-state index contributed by atoms with van der Waals surface area (Å²) in [6.45, 7) is 5.13. The summed E-state index contributed by atoms with van der Waals surface area (Å²) in [6.07, 6.45) is -6.23. The number of aromatic amines is 1. The molecule has 0 radical (unpaired) electrons. The molecule has 0 aliphatic carbocycles. The van der Waals surface area contributed by atoms with Gasteiger partial charge in [-0.1, -0.05) is 0 Å². The van der Waals surface area contributed by atoms with Crippen LogP contribution >= 0.6 is 0 Å². The Kier molecular flexibility index (Phi) is 10.8. The van der Waals surface area contributed by atoms with Crippen LogP contribution in [0.4, 0.5) is 30.7 Å². The Morgan fingerprint density at radius 2 is 1.50 bits per heavy atom. The number of carbonyl (C=O) groups is 2. The lowest BCUT2D eigenvalue weighted by Crippen LogP contribution is -2.40. The van der Waals surface area contributed by atoms with Crippen molar-refractivity contribution >= 4 is 23.0 Å². The van der Waals surface area contributed by atoms with Crippen LogP contribution in [0.2, 0.25) is 0 Å². The third-order valence-electron chi connectivity index (χ3n) is 5.89. The van der Waals surface area contributed by atoms with Crippen LogP contribution in [0.1, 0.15) is 37.5 Å². The Bertz CT molecular complexity index is 1040.